The molecular formula is C18H15ClN4O2S. The van der Waals surface area contributed by atoms with Crippen molar-refractivity contribution in [2.24, 2.45) is 0 Å². The highest BCUT2D eigenvalue weighted by atomic mass is 35.5. The van der Waals surface area contributed by atoms with Crippen LogP contribution in [0.25, 0.3) is 10.7 Å². The fourth-order valence-corrected chi connectivity index (χ4v) is 3.91. The van der Waals surface area contributed by atoms with Gasteiger partial charge in [-0.25, -0.2) is 9.97 Å². The number of aromatic nitrogens is 2. The summed E-state index contributed by atoms with van der Waals surface area (Å²) in [7, 11) is 0. The smallest absolute Gasteiger partial charge is 0.269 e. The van der Waals surface area contributed by atoms with Crippen LogP contribution in [0.5, 0.6) is 0 Å². The number of fused-ring (bicyclic) bond motifs is 1. The fourth-order valence-electron chi connectivity index (χ4n) is 3.07. The SMILES string of the molecule is O=[N+]([O-])c1ccc(Cl)c(CN2CCc3nc(-c4cccs4)ncc3C2)c1. The van der Waals surface area contributed by atoms with Crippen molar-refractivity contribution in [1.29, 1.82) is 0 Å². The van der Waals surface area contributed by atoms with E-state index in [1.54, 1.807) is 23.5 Å². The lowest BCUT2D eigenvalue weighted by atomic mass is 10.1. The first kappa shape index (κ1) is 17.1. The van der Waals surface area contributed by atoms with Gasteiger partial charge in [-0.1, -0.05) is 17.7 Å². The van der Waals surface area contributed by atoms with Gasteiger partial charge in [0, 0.05) is 55.0 Å². The van der Waals surface area contributed by atoms with Crippen LogP contribution in [-0.4, -0.2) is 26.3 Å². The molecule has 3 aromatic rings. The number of hydrogen-bond donors (Lipinski definition) is 0. The Morgan fingerprint density at radius 1 is 1.35 bits per heavy atom. The van der Waals surface area contributed by atoms with Gasteiger partial charge in [-0.2, -0.15) is 0 Å². The van der Waals surface area contributed by atoms with Gasteiger partial charge in [0.2, 0.25) is 0 Å². The summed E-state index contributed by atoms with van der Waals surface area (Å²) in [4.78, 5) is 23.1. The minimum absolute atomic E-state index is 0.0609. The number of hydrogen-bond acceptors (Lipinski definition) is 6. The molecule has 0 saturated heterocycles. The van der Waals surface area contributed by atoms with Crippen molar-refractivity contribution in [3.63, 3.8) is 0 Å². The molecule has 0 radical (unpaired) electrons. The van der Waals surface area contributed by atoms with Crippen LogP contribution in [0.3, 0.4) is 0 Å². The van der Waals surface area contributed by atoms with Gasteiger partial charge in [-0.15, -0.1) is 11.3 Å². The van der Waals surface area contributed by atoms with Crippen molar-refractivity contribution in [3.05, 3.63) is 73.9 Å². The third-order valence-electron chi connectivity index (χ3n) is 4.39. The van der Waals surface area contributed by atoms with Crippen LogP contribution in [-0.2, 0) is 19.5 Å². The molecule has 0 bridgehead atoms. The first-order valence-electron chi connectivity index (χ1n) is 8.14. The number of nitro benzene ring substituents is 1. The predicted octanol–water partition coefficient (Wildman–Crippen LogP) is 4.33. The number of nitro groups is 1. The van der Waals surface area contributed by atoms with Gasteiger partial charge in [0.05, 0.1) is 15.5 Å². The Balaban J connectivity index is 1.52. The molecule has 0 N–H and O–H groups in total. The Bertz CT molecular complexity index is 962. The van der Waals surface area contributed by atoms with E-state index < -0.39 is 4.92 Å². The van der Waals surface area contributed by atoms with Crippen LogP contribution in [0, 0.1) is 10.1 Å². The topological polar surface area (TPSA) is 72.2 Å². The van der Waals surface area contributed by atoms with E-state index in [-0.39, 0.29) is 5.69 Å². The maximum atomic E-state index is 11.0. The zero-order valence-electron chi connectivity index (χ0n) is 13.8. The van der Waals surface area contributed by atoms with E-state index in [1.807, 2.05) is 23.7 Å². The largest absolute Gasteiger partial charge is 0.294 e. The van der Waals surface area contributed by atoms with Crippen LogP contribution in [0.1, 0.15) is 16.8 Å². The second-order valence-electron chi connectivity index (χ2n) is 6.14. The molecule has 1 aliphatic rings. The molecule has 6 nitrogen and oxygen atoms in total. The number of nitrogens with zero attached hydrogens (tertiary/aromatic N) is 4. The summed E-state index contributed by atoms with van der Waals surface area (Å²) in [5, 5.41) is 13.5. The molecule has 26 heavy (non-hydrogen) atoms. The van der Waals surface area contributed by atoms with Gasteiger partial charge >= 0.3 is 0 Å². The van der Waals surface area contributed by atoms with Gasteiger partial charge in [-0.05, 0) is 23.1 Å². The van der Waals surface area contributed by atoms with Crippen LogP contribution in [0.15, 0.2) is 41.9 Å². The number of rotatable bonds is 4. The van der Waals surface area contributed by atoms with Crippen LogP contribution in [0.2, 0.25) is 5.02 Å². The fraction of sp³-hybridized carbons (Fsp3) is 0.222. The van der Waals surface area contributed by atoms with Crippen molar-refractivity contribution in [2.45, 2.75) is 19.5 Å². The van der Waals surface area contributed by atoms with E-state index in [1.165, 1.54) is 6.07 Å². The summed E-state index contributed by atoms with van der Waals surface area (Å²) in [6.45, 7) is 2.10. The molecule has 3 heterocycles. The van der Waals surface area contributed by atoms with Crippen molar-refractivity contribution in [1.82, 2.24) is 14.9 Å². The highest BCUT2D eigenvalue weighted by molar-refractivity contribution is 7.13. The Hall–Kier alpha value is -2.35. The maximum Gasteiger partial charge on any atom is 0.269 e. The average molecular weight is 387 g/mol. The van der Waals surface area contributed by atoms with E-state index in [2.05, 4.69) is 9.88 Å². The monoisotopic (exact) mass is 386 g/mol. The van der Waals surface area contributed by atoms with Crippen molar-refractivity contribution >= 4 is 28.6 Å². The number of benzene rings is 1. The van der Waals surface area contributed by atoms with Crippen LogP contribution >= 0.6 is 22.9 Å². The van der Waals surface area contributed by atoms with Gasteiger partial charge in [0.1, 0.15) is 0 Å². The van der Waals surface area contributed by atoms with E-state index in [4.69, 9.17) is 16.6 Å². The van der Waals surface area contributed by atoms with Gasteiger partial charge < -0.3 is 0 Å². The molecule has 8 heteroatoms. The molecule has 0 spiro atoms. The molecule has 0 fully saturated rings. The first-order valence-corrected chi connectivity index (χ1v) is 9.40. The summed E-state index contributed by atoms with van der Waals surface area (Å²) in [6, 6.07) is 8.58. The molecule has 0 atom stereocenters. The standard InChI is InChI=1S/C18H15ClN4O2S/c19-15-4-3-14(23(24)25)8-12(15)10-22-6-5-16-13(11-22)9-20-18(21-16)17-2-1-7-26-17/h1-4,7-9H,5-6,10-11H2. The Labute approximate surface area is 159 Å². The van der Waals surface area contributed by atoms with Crippen LogP contribution < -0.4 is 0 Å². The zero-order valence-corrected chi connectivity index (χ0v) is 15.3. The maximum absolute atomic E-state index is 11.0. The summed E-state index contributed by atoms with van der Waals surface area (Å²) in [5.41, 5.74) is 2.99. The second-order valence-corrected chi connectivity index (χ2v) is 7.49. The van der Waals surface area contributed by atoms with Gasteiger partial charge in [0.25, 0.3) is 5.69 Å². The Morgan fingerprint density at radius 2 is 2.23 bits per heavy atom. The molecular weight excluding hydrogens is 372 g/mol. The van der Waals surface area contributed by atoms with E-state index >= 15 is 0 Å². The highest BCUT2D eigenvalue weighted by Crippen LogP contribution is 2.27. The molecule has 1 aliphatic heterocycles. The lowest BCUT2D eigenvalue weighted by Gasteiger charge is -2.28. The molecule has 4 rings (SSSR count). The summed E-state index contributed by atoms with van der Waals surface area (Å²) < 4.78 is 0. The first-order chi connectivity index (χ1) is 12.6. The summed E-state index contributed by atoms with van der Waals surface area (Å²) in [6.07, 6.45) is 2.71. The van der Waals surface area contributed by atoms with E-state index in [0.717, 1.165) is 40.5 Å². The minimum atomic E-state index is -0.398. The van der Waals surface area contributed by atoms with E-state index in [0.29, 0.717) is 18.1 Å². The quantitative estimate of drug-likeness (QED) is 0.493. The molecule has 2 aromatic heterocycles. The Morgan fingerprint density at radius 3 is 3.00 bits per heavy atom. The van der Waals surface area contributed by atoms with Gasteiger partial charge in [0.15, 0.2) is 5.82 Å². The third kappa shape index (κ3) is 3.46. The molecule has 0 unspecified atom stereocenters. The predicted molar refractivity (Wildman–Crippen MR) is 101 cm³/mol. The summed E-state index contributed by atoms with van der Waals surface area (Å²) in [5.74, 6) is 0.772. The van der Waals surface area contributed by atoms with Crippen molar-refractivity contribution < 1.29 is 4.92 Å². The second kappa shape index (κ2) is 7.11. The Kier molecular flexibility index (Phi) is 4.67. The number of thiophene rings is 1. The van der Waals surface area contributed by atoms with E-state index in [9.17, 15) is 10.1 Å². The third-order valence-corrected chi connectivity index (χ3v) is 5.62. The minimum Gasteiger partial charge on any atom is -0.294 e. The van der Waals surface area contributed by atoms with Crippen LogP contribution in [0.4, 0.5) is 5.69 Å². The molecule has 1 aromatic carbocycles. The zero-order chi connectivity index (χ0) is 18.1. The molecule has 132 valence electrons. The van der Waals surface area contributed by atoms with Crippen molar-refractivity contribution in [2.75, 3.05) is 6.54 Å². The number of halogens is 1. The molecule has 0 saturated carbocycles. The molecule has 0 amide bonds. The molecule has 0 aliphatic carbocycles. The summed E-state index contributed by atoms with van der Waals surface area (Å²) >= 11 is 7.85. The lowest BCUT2D eigenvalue weighted by Crippen LogP contribution is -2.31. The van der Waals surface area contributed by atoms with Gasteiger partial charge in [-0.3, -0.25) is 15.0 Å². The average Bonchev–Trinajstić information content (AvgIpc) is 3.17. The highest BCUT2D eigenvalue weighted by Gasteiger charge is 2.20. The van der Waals surface area contributed by atoms with Crippen molar-refractivity contribution in [3.8, 4) is 10.7 Å². The normalized spacial score (nSPS) is 14.2. The lowest BCUT2D eigenvalue weighted by molar-refractivity contribution is -0.384. The number of non-ortho nitro benzene ring substituents is 1.